The van der Waals surface area contributed by atoms with Gasteiger partial charge in [-0.15, -0.1) is 0 Å². The van der Waals surface area contributed by atoms with Crippen LogP contribution >= 0.6 is 0 Å². The SMILES string of the molecule is O=C(O)CCc1ccc(C(F)(F)F)c2c1OCCCO2. The number of carboxylic acid groups (broad SMARTS) is 1. The first-order valence-electron chi connectivity index (χ1n) is 6.10. The second-order valence-corrected chi connectivity index (χ2v) is 4.37. The number of carbonyl (C=O) groups is 1. The lowest BCUT2D eigenvalue weighted by Gasteiger charge is -2.17. The molecule has 2 rings (SSSR count). The number of fused-ring (bicyclic) bond motifs is 1. The third-order valence-corrected chi connectivity index (χ3v) is 2.89. The van der Waals surface area contributed by atoms with E-state index in [2.05, 4.69) is 0 Å². The maximum absolute atomic E-state index is 12.9. The molecule has 0 bridgehead atoms. The van der Waals surface area contributed by atoms with Crippen LogP contribution in [0, 0.1) is 0 Å². The van der Waals surface area contributed by atoms with Gasteiger partial charge < -0.3 is 14.6 Å². The smallest absolute Gasteiger partial charge is 0.420 e. The first kappa shape index (κ1) is 14.5. The van der Waals surface area contributed by atoms with Crippen LogP contribution in [0.4, 0.5) is 13.2 Å². The summed E-state index contributed by atoms with van der Waals surface area (Å²) in [5, 5.41) is 8.67. The summed E-state index contributed by atoms with van der Waals surface area (Å²) in [5.74, 6) is -1.34. The molecule has 110 valence electrons. The molecule has 1 aromatic carbocycles. The van der Waals surface area contributed by atoms with E-state index in [0.717, 1.165) is 6.07 Å². The number of hydrogen-bond acceptors (Lipinski definition) is 3. The highest BCUT2D eigenvalue weighted by Crippen LogP contribution is 2.44. The van der Waals surface area contributed by atoms with Crippen LogP contribution in [0.15, 0.2) is 12.1 Å². The fourth-order valence-electron chi connectivity index (χ4n) is 1.97. The molecule has 4 nitrogen and oxygen atoms in total. The molecular weight excluding hydrogens is 277 g/mol. The van der Waals surface area contributed by atoms with E-state index in [4.69, 9.17) is 14.6 Å². The molecule has 1 aliphatic heterocycles. The maximum Gasteiger partial charge on any atom is 0.420 e. The average molecular weight is 290 g/mol. The number of aliphatic carboxylic acids is 1. The van der Waals surface area contributed by atoms with Gasteiger partial charge in [-0.05, 0) is 18.1 Å². The molecule has 0 aliphatic carbocycles. The molecule has 0 atom stereocenters. The molecule has 0 aromatic heterocycles. The zero-order chi connectivity index (χ0) is 14.8. The van der Waals surface area contributed by atoms with Gasteiger partial charge in [0.15, 0.2) is 11.5 Å². The van der Waals surface area contributed by atoms with Gasteiger partial charge in [-0.25, -0.2) is 0 Å². The van der Waals surface area contributed by atoms with Gasteiger partial charge in [0, 0.05) is 12.8 Å². The van der Waals surface area contributed by atoms with Crippen molar-refractivity contribution >= 4 is 5.97 Å². The molecule has 0 saturated carbocycles. The number of hydrogen-bond donors (Lipinski definition) is 1. The van der Waals surface area contributed by atoms with E-state index in [1.54, 1.807) is 0 Å². The van der Waals surface area contributed by atoms with Gasteiger partial charge in [0.1, 0.15) is 5.56 Å². The number of carboxylic acids is 1. The van der Waals surface area contributed by atoms with E-state index in [9.17, 15) is 18.0 Å². The minimum absolute atomic E-state index is 0.0126. The number of rotatable bonds is 3. The van der Waals surface area contributed by atoms with Gasteiger partial charge in [-0.2, -0.15) is 13.2 Å². The Morgan fingerprint density at radius 3 is 2.45 bits per heavy atom. The molecule has 0 saturated heterocycles. The van der Waals surface area contributed by atoms with Crippen molar-refractivity contribution in [3.63, 3.8) is 0 Å². The maximum atomic E-state index is 12.9. The second-order valence-electron chi connectivity index (χ2n) is 4.37. The lowest BCUT2D eigenvalue weighted by Crippen LogP contribution is -2.10. The Kier molecular flexibility index (Phi) is 4.06. The predicted octanol–water partition coefficient (Wildman–Crippen LogP) is 2.88. The summed E-state index contributed by atoms with van der Waals surface area (Å²) in [6.45, 7) is 0.382. The molecule has 0 fully saturated rings. The summed E-state index contributed by atoms with van der Waals surface area (Å²) >= 11 is 0. The summed E-state index contributed by atoms with van der Waals surface area (Å²) in [7, 11) is 0. The van der Waals surface area contributed by atoms with Crippen molar-refractivity contribution in [3.05, 3.63) is 23.3 Å². The Labute approximate surface area is 113 Å². The molecule has 0 amide bonds. The Balaban J connectivity index is 2.43. The summed E-state index contributed by atoms with van der Waals surface area (Å²) in [6.07, 6.45) is -4.15. The third-order valence-electron chi connectivity index (χ3n) is 2.89. The van der Waals surface area contributed by atoms with E-state index < -0.39 is 17.7 Å². The summed E-state index contributed by atoms with van der Waals surface area (Å²) in [4.78, 5) is 10.6. The van der Waals surface area contributed by atoms with Crippen LogP contribution < -0.4 is 9.47 Å². The van der Waals surface area contributed by atoms with Gasteiger partial charge in [0.2, 0.25) is 0 Å². The van der Waals surface area contributed by atoms with Crippen molar-refractivity contribution < 1.29 is 32.5 Å². The van der Waals surface area contributed by atoms with E-state index in [1.165, 1.54) is 6.07 Å². The largest absolute Gasteiger partial charge is 0.489 e. The molecular formula is C13H13F3O4. The van der Waals surface area contributed by atoms with Crippen LogP contribution in [0.2, 0.25) is 0 Å². The molecule has 1 N–H and O–H groups in total. The molecule has 1 aliphatic rings. The van der Waals surface area contributed by atoms with Crippen LogP contribution in [0.5, 0.6) is 11.5 Å². The first-order valence-corrected chi connectivity index (χ1v) is 6.10. The highest BCUT2D eigenvalue weighted by Gasteiger charge is 2.37. The predicted molar refractivity (Wildman–Crippen MR) is 63.0 cm³/mol. The first-order chi connectivity index (χ1) is 9.39. The number of aryl methyl sites for hydroxylation is 1. The number of ether oxygens (including phenoxy) is 2. The van der Waals surface area contributed by atoms with Gasteiger partial charge >= 0.3 is 12.1 Å². The van der Waals surface area contributed by atoms with Crippen molar-refractivity contribution in [3.8, 4) is 11.5 Å². The Morgan fingerprint density at radius 2 is 1.85 bits per heavy atom. The lowest BCUT2D eigenvalue weighted by molar-refractivity contribution is -0.139. The molecule has 0 spiro atoms. The highest BCUT2D eigenvalue weighted by molar-refractivity contribution is 5.67. The Bertz CT molecular complexity index is 511. The fraction of sp³-hybridized carbons (Fsp3) is 0.462. The van der Waals surface area contributed by atoms with E-state index in [-0.39, 0.29) is 37.6 Å². The fourth-order valence-corrected chi connectivity index (χ4v) is 1.97. The quantitative estimate of drug-likeness (QED) is 0.930. The Hall–Kier alpha value is -1.92. The van der Waals surface area contributed by atoms with E-state index in [1.807, 2.05) is 0 Å². The van der Waals surface area contributed by atoms with E-state index >= 15 is 0 Å². The van der Waals surface area contributed by atoms with Crippen molar-refractivity contribution in [2.45, 2.75) is 25.4 Å². The molecule has 1 aromatic rings. The zero-order valence-corrected chi connectivity index (χ0v) is 10.5. The minimum Gasteiger partial charge on any atom is -0.489 e. The van der Waals surface area contributed by atoms with Gasteiger partial charge in [-0.1, -0.05) is 6.07 Å². The van der Waals surface area contributed by atoms with Crippen LogP contribution in [0.1, 0.15) is 24.0 Å². The Morgan fingerprint density at radius 1 is 1.20 bits per heavy atom. The van der Waals surface area contributed by atoms with Gasteiger partial charge in [0.05, 0.1) is 13.2 Å². The summed E-state index contributed by atoms with van der Waals surface area (Å²) < 4.78 is 49.3. The normalized spacial score (nSPS) is 14.8. The van der Waals surface area contributed by atoms with E-state index in [0.29, 0.717) is 12.0 Å². The topological polar surface area (TPSA) is 55.8 Å². The zero-order valence-electron chi connectivity index (χ0n) is 10.5. The average Bonchev–Trinajstić information content (AvgIpc) is 2.59. The van der Waals surface area contributed by atoms with Gasteiger partial charge in [-0.3, -0.25) is 4.79 Å². The number of benzene rings is 1. The van der Waals surface area contributed by atoms with Crippen LogP contribution in [0.25, 0.3) is 0 Å². The van der Waals surface area contributed by atoms with Crippen molar-refractivity contribution in [2.24, 2.45) is 0 Å². The second kappa shape index (κ2) is 5.60. The minimum atomic E-state index is -4.54. The summed E-state index contributed by atoms with van der Waals surface area (Å²) in [5.41, 5.74) is -0.481. The molecule has 0 unspecified atom stereocenters. The third kappa shape index (κ3) is 3.15. The molecule has 1 heterocycles. The van der Waals surface area contributed by atoms with Crippen LogP contribution in [-0.4, -0.2) is 24.3 Å². The summed E-state index contributed by atoms with van der Waals surface area (Å²) in [6, 6.07) is 2.16. The van der Waals surface area contributed by atoms with Crippen LogP contribution in [0.3, 0.4) is 0 Å². The monoisotopic (exact) mass is 290 g/mol. The highest BCUT2D eigenvalue weighted by atomic mass is 19.4. The lowest BCUT2D eigenvalue weighted by atomic mass is 10.0. The molecule has 0 radical (unpaired) electrons. The van der Waals surface area contributed by atoms with Crippen molar-refractivity contribution in [2.75, 3.05) is 13.2 Å². The molecule has 7 heteroatoms. The molecule has 20 heavy (non-hydrogen) atoms. The number of halogens is 3. The van der Waals surface area contributed by atoms with Gasteiger partial charge in [0.25, 0.3) is 0 Å². The van der Waals surface area contributed by atoms with Crippen LogP contribution in [-0.2, 0) is 17.4 Å². The van der Waals surface area contributed by atoms with Crippen molar-refractivity contribution in [1.82, 2.24) is 0 Å². The van der Waals surface area contributed by atoms with Crippen molar-refractivity contribution in [1.29, 1.82) is 0 Å². The number of alkyl halides is 3. The standard InChI is InChI=1S/C13H13F3O4/c14-13(15,16)9-4-2-8(3-5-10(17)18)11-12(9)20-7-1-6-19-11/h2,4H,1,3,5-7H2,(H,17,18).